The third kappa shape index (κ3) is 4.96. The predicted octanol–water partition coefficient (Wildman–Crippen LogP) is 5.51. The van der Waals surface area contributed by atoms with E-state index in [1.807, 2.05) is 6.92 Å². The van der Waals surface area contributed by atoms with Crippen LogP contribution in [-0.4, -0.2) is 28.8 Å². The summed E-state index contributed by atoms with van der Waals surface area (Å²) in [6.45, 7) is 2.35. The number of alkyl halides is 3. The molecule has 0 aliphatic carbocycles. The molecule has 0 N–H and O–H groups in total. The highest BCUT2D eigenvalue weighted by Crippen LogP contribution is 2.34. The van der Waals surface area contributed by atoms with Crippen LogP contribution in [0.4, 0.5) is 13.2 Å². The van der Waals surface area contributed by atoms with Crippen LogP contribution >= 0.6 is 24.0 Å². The van der Waals surface area contributed by atoms with E-state index in [0.717, 1.165) is 17.7 Å². The Morgan fingerprint density at radius 1 is 1.20 bits per heavy atom. The fourth-order valence-electron chi connectivity index (χ4n) is 2.85. The van der Waals surface area contributed by atoms with Gasteiger partial charge >= 0.3 is 6.18 Å². The molecule has 0 unspecified atom stereocenters. The number of likely N-dealkylation sites (N-methyl/N-ethyl adjacent to an activating group) is 1. The third-order valence-corrected chi connectivity index (χ3v) is 5.73. The number of halogens is 3. The molecule has 1 fully saturated rings. The Balaban J connectivity index is 1.82. The Morgan fingerprint density at radius 2 is 1.97 bits per heavy atom. The maximum absolute atomic E-state index is 12.9. The van der Waals surface area contributed by atoms with Gasteiger partial charge in [-0.15, -0.1) is 0 Å². The highest BCUT2D eigenvalue weighted by atomic mass is 32.2. The summed E-state index contributed by atoms with van der Waals surface area (Å²) in [6.07, 6.45) is -2.72. The average Bonchev–Trinajstić information content (AvgIpc) is 2.98. The number of amides is 1. The fraction of sp³-hybridized carbons (Fsp3) is 0.238. The van der Waals surface area contributed by atoms with E-state index in [0.29, 0.717) is 27.1 Å². The second kappa shape index (κ2) is 9.09. The molecule has 4 nitrogen and oxygen atoms in total. The van der Waals surface area contributed by atoms with Crippen molar-refractivity contribution < 1.29 is 27.4 Å². The molecule has 30 heavy (non-hydrogen) atoms. The van der Waals surface area contributed by atoms with Crippen molar-refractivity contribution in [2.24, 2.45) is 0 Å². The molecular formula is C21H18F3NO3S2. The molecule has 0 bridgehead atoms. The van der Waals surface area contributed by atoms with Gasteiger partial charge < -0.3 is 9.47 Å². The van der Waals surface area contributed by atoms with E-state index >= 15 is 0 Å². The van der Waals surface area contributed by atoms with Gasteiger partial charge in [0, 0.05) is 12.1 Å². The highest BCUT2D eigenvalue weighted by molar-refractivity contribution is 8.26. The highest BCUT2D eigenvalue weighted by Gasteiger charge is 2.31. The molecule has 9 heteroatoms. The van der Waals surface area contributed by atoms with Crippen LogP contribution in [0.15, 0.2) is 47.4 Å². The first kappa shape index (κ1) is 22.2. The van der Waals surface area contributed by atoms with E-state index in [2.05, 4.69) is 0 Å². The zero-order chi connectivity index (χ0) is 21.9. The first-order valence-corrected chi connectivity index (χ1v) is 10.2. The number of methoxy groups -OCH3 is 1. The van der Waals surface area contributed by atoms with Gasteiger partial charge in [-0.3, -0.25) is 9.69 Å². The van der Waals surface area contributed by atoms with Crippen LogP contribution in [0.5, 0.6) is 11.5 Å². The Bertz CT molecular complexity index is 1010. The fourth-order valence-corrected chi connectivity index (χ4v) is 4.23. The lowest BCUT2D eigenvalue weighted by atomic mass is 10.1. The van der Waals surface area contributed by atoms with Crippen LogP contribution in [0.3, 0.4) is 0 Å². The van der Waals surface area contributed by atoms with Gasteiger partial charge in [0.25, 0.3) is 5.91 Å². The van der Waals surface area contributed by atoms with Crippen molar-refractivity contribution >= 4 is 40.3 Å². The van der Waals surface area contributed by atoms with Crippen molar-refractivity contribution in [3.8, 4) is 11.5 Å². The largest absolute Gasteiger partial charge is 0.496 e. The number of thioether (sulfide) groups is 1. The number of rotatable bonds is 6. The molecule has 1 aliphatic rings. The van der Waals surface area contributed by atoms with Gasteiger partial charge in [-0.2, -0.15) is 13.2 Å². The zero-order valence-corrected chi connectivity index (χ0v) is 17.8. The normalized spacial score (nSPS) is 15.8. The molecule has 0 saturated carbocycles. The van der Waals surface area contributed by atoms with Crippen molar-refractivity contribution in [2.45, 2.75) is 19.7 Å². The molecular weight excluding hydrogens is 435 g/mol. The Morgan fingerprint density at radius 3 is 2.60 bits per heavy atom. The van der Waals surface area contributed by atoms with E-state index in [9.17, 15) is 18.0 Å². The maximum Gasteiger partial charge on any atom is 0.416 e. The SMILES string of the molecule is CCN1C(=O)/C(=C/c2ccc(OC)c(COc3cccc(C(F)(F)F)c3)c2)SC1=S. The van der Waals surface area contributed by atoms with Crippen LogP contribution < -0.4 is 9.47 Å². The van der Waals surface area contributed by atoms with E-state index in [1.54, 1.807) is 24.3 Å². The van der Waals surface area contributed by atoms with Crippen molar-refractivity contribution in [1.29, 1.82) is 0 Å². The van der Waals surface area contributed by atoms with Gasteiger partial charge in [-0.25, -0.2) is 0 Å². The summed E-state index contributed by atoms with van der Waals surface area (Å²) in [6, 6.07) is 9.96. The molecule has 2 aromatic carbocycles. The summed E-state index contributed by atoms with van der Waals surface area (Å²) in [5.74, 6) is 0.478. The quantitative estimate of drug-likeness (QED) is 0.426. The summed E-state index contributed by atoms with van der Waals surface area (Å²) < 4.78 is 50.1. The lowest BCUT2D eigenvalue weighted by Gasteiger charge is -2.13. The number of carbonyl (C=O) groups is 1. The minimum atomic E-state index is -4.44. The zero-order valence-electron chi connectivity index (χ0n) is 16.2. The van der Waals surface area contributed by atoms with Gasteiger partial charge in [0.15, 0.2) is 0 Å². The molecule has 0 aromatic heterocycles. The Hall–Kier alpha value is -2.52. The second-order valence-corrected chi connectivity index (χ2v) is 7.99. The van der Waals surface area contributed by atoms with Crippen LogP contribution in [0, 0.1) is 0 Å². The molecule has 0 spiro atoms. The first-order chi connectivity index (χ1) is 14.2. The summed E-state index contributed by atoms with van der Waals surface area (Å²) in [4.78, 5) is 14.4. The topological polar surface area (TPSA) is 38.8 Å². The number of thiocarbonyl (C=S) groups is 1. The first-order valence-electron chi connectivity index (χ1n) is 8.95. The number of hydrogen-bond donors (Lipinski definition) is 0. The smallest absolute Gasteiger partial charge is 0.416 e. The molecule has 158 valence electrons. The lowest BCUT2D eigenvalue weighted by Crippen LogP contribution is -2.27. The summed E-state index contributed by atoms with van der Waals surface area (Å²) in [7, 11) is 1.50. The van der Waals surface area contributed by atoms with Gasteiger partial charge in [0.05, 0.1) is 17.6 Å². The maximum atomic E-state index is 12.9. The number of carbonyl (C=O) groups excluding carboxylic acids is 1. The van der Waals surface area contributed by atoms with Crippen LogP contribution in [0.25, 0.3) is 6.08 Å². The van der Waals surface area contributed by atoms with Gasteiger partial charge in [-0.05, 0) is 48.9 Å². The van der Waals surface area contributed by atoms with Crippen molar-refractivity contribution in [1.82, 2.24) is 4.90 Å². The van der Waals surface area contributed by atoms with Gasteiger partial charge in [-0.1, -0.05) is 36.1 Å². The molecule has 1 aliphatic heterocycles. The minimum Gasteiger partial charge on any atom is -0.496 e. The number of ether oxygens (including phenoxy) is 2. The molecule has 0 atom stereocenters. The lowest BCUT2D eigenvalue weighted by molar-refractivity contribution is -0.137. The molecule has 1 saturated heterocycles. The van der Waals surface area contributed by atoms with Crippen molar-refractivity contribution in [3.63, 3.8) is 0 Å². The van der Waals surface area contributed by atoms with Crippen LogP contribution in [0.1, 0.15) is 23.6 Å². The molecule has 2 aromatic rings. The Labute approximate surface area is 181 Å². The monoisotopic (exact) mass is 453 g/mol. The minimum absolute atomic E-state index is 0.00207. The van der Waals surface area contributed by atoms with Gasteiger partial charge in [0.2, 0.25) is 0 Å². The molecule has 1 heterocycles. The second-order valence-electron chi connectivity index (χ2n) is 6.31. The van der Waals surface area contributed by atoms with Crippen LogP contribution in [0.2, 0.25) is 0 Å². The number of hydrogen-bond acceptors (Lipinski definition) is 5. The summed E-state index contributed by atoms with van der Waals surface area (Å²) in [5, 5.41) is 0. The third-order valence-electron chi connectivity index (χ3n) is 4.35. The summed E-state index contributed by atoms with van der Waals surface area (Å²) >= 11 is 6.45. The van der Waals surface area contributed by atoms with E-state index in [-0.39, 0.29) is 18.3 Å². The standard InChI is InChI=1S/C21H18F3NO3S2/c1-3-25-19(26)18(30-20(25)29)10-13-7-8-17(27-2)14(9-13)12-28-16-6-4-5-15(11-16)21(22,23)24/h4-11H,3,12H2,1-2H3/b18-10-. The van der Waals surface area contributed by atoms with Gasteiger partial charge in [0.1, 0.15) is 22.4 Å². The van der Waals surface area contributed by atoms with Crippen LogP contribution in [-0.2, 0) is 17.6 Å². The van der Waals surface area contributed by atoms with E-state index in [1.165, 1.54) is 35.9 Å². The van der Waals surface area contributed by atoms with E-state index < -0.39 is 11.7 Å². The van der Waals surface area contributed by atoms with E-state index in [4.69, 9.17) is 21.7 Å². The predicted molar refractivity (Wildman–Crippen MR) is 114 cm³/mol. The molecule has 1 amide bonds. The molecule has 0 radical (unpaired) electrons. The number of benzene rings is 2. The van der Waals surface area contributed by atoms with Crippen molar-refractivity contribution in [2.75, 3.05) is 13.7 Å². The summed E-state index contributed by atoms with van der Waals surface area (Å²) in [5.41, 5.74) is 0.586. The average molecular weight is 454 g/mol. The van der Waals surface area contributed by atoms with Crippen molar-refractivity contribution in [3.05, 3.63) is 64.1 Å². The number of nitrogens with zero attached hydrogens (tertiary/aromatic N) is 1. The Kier molecular flexibility index (Phi) is 6.72. The molecule has 3 rings (SSSR count).